The molecule has 132 valence electrons. The predicted octanol–water partition coefficient (Wildman–Crippen LogP) is 3.74. The molecule has 2 amide bonds. The number of hydrogen-bond acceptors (Lipinski definition) is 3. The highest BCUT2D eigenvalue weighted by molar-refractivity contribution is 6.21. The molecule has 0 spiro atoms. The number of nitrogens with zero attached hydrogens (tertiary/aromatic N) is 2. The number of amides is 2. The lowest BCUT2D eigenvalue weighted by Gasteiger charge is -2.39. The average molecular weight is 338 g/mol. The lowest BCUT2D eigenvalue weighted by atomic mass is 9.80. The van der Waals surface area contributed by atoms with Crippen molar-refractivity contribution >= 4 is 17.5 Å². The van der Waals surface area contributed by atoms with Crippen LogP contribution in [0.15, 0.2) is 42.1 Å². The van der Waals surface area contributed by atoms with Crippen molar-refractivity contribution in [1.82, 2.24) is 4.90 Å². The maximum atomic E-state index is 13.1. The fraction of sp³-hybridized carbons (Fsp3) is 0.524. The first kappa shape index (κ1) is 16.4. The van der Waals surface area contributed by atoms with Crippen molar-refractivity contribution in [3.05, 3.63) is 42.1 Å². The van der Waals surface area contributed by atoms with E-state index in [1.165, 1.54) is 29.9 Å². The minimum atomic E-state index is -0.193. The Morgan fingerprint density at radius 2 is 1.64 bits per heavy atom. The summed E-state index contributed by atoms with van der Waals surface area (Å²) in [5, 5.41) is 0. The standard InChI is InChI=1S/C21H26N2O2/c24-20-15-18(21(25)23(20)16-9-3-1-4-10-16)17-11-5-6-12-19(17)22-13-7-2-8-14-22/h1,3-4,9-10,12,17-18H,2,5-8,11,13-15H2/t17-,18+/m1/s1. The molecule has 3 aliphatic rings. The Morgan fingerprint density at radius 1 is 0.880 bits per heavy atom. The summed E-state index contributed by atoms with van der Waals surface area (Å²) in [7, 11) is 0. The predicted molar refractivity (Wildman–Crippen MR) is 97.9 cm³/mol. The average Bonchev–Trinajstić information content (AvgIpc) is 2.97. The molecule has 2 atom stereocenters. The summed E-state index contributed by atoms with van der Waals surface area (Å²) in [6.45, 7) is 2.19. The van der Waals surface area contributed by atoms with Crippen LogP contribution >= 0.6 is 0 Å². The van der Waals surface area contributed by atoms with Crippen LogP contribution in [0.5, 0.6) is 0 Å². The van der Waals surface area contributed by atoms with Gasteiger partial charge in [-0.3, -0.25) is 14.5 Å². The lowest BCUT2D eigenvalue weighted by molar-refractivity contribution is -0.123. The second kappa shape index (κ2) is 7.03. The van der Waals surface area contributed by atoms with E-state index in [9.17, 15) is 9.59 Å². The molecule has 0 aromatic heterocycles. The molecule has 2 fully saturated rings. The van der Waals surface area contributed by atoms with Crippen LogP contribution < -0.4 is 4.90 Å². The zero-order valence-corrected chi connectivity index (χ0v) is 14.7. The van der Waals surface area contributed by atoms with Crippen LogP contribution in [-0.4, -0.2) is 29.8 Å². The summed E-state index contributed by atoms with van der Waals surface area (Å²) >= 11 is 0. The van der Waals surface area contributed by atoms with Crippen molar-refractivity contribution in [1.29, 1.82) is 0 Å². The number of para-hydroxylation sites is 1. The summed E-state index contributed by atoms with van der Waals surface area (Å²) < 4.78 is 0. The summed E-state index contributed by atoms with van der Waals surface area (Å²) in [5.41, 5.74) is 2.05. The van der Waals surface area contributed by atoms with E-state index in [-0.39, 0.29) is 23.7 Å². The number of hydrogen-bond donors (Lipinski definition) is 0. The first-order valence-corrected chi connectivity index (χ1v) is 9.62. The largest absolute Gasteiger partial charge is 0.375 e. The minimum Gasteiger partial charge on any atom is -0.375 e. The normalized spacial score (nSPS) is 27.6. The van der Waals surface area contributed by atoms with Gasteiger partial charge in [-0.25, -0.2) is 0 Å². The zero-order chi connectivity index (χ0) is 17.2. The summed E-state index contributed by atoms with van der Waals surface area (Å²) in [6, 6.07) is 9.36. The van der Waals surface area contributed by atoms with Gasteiger partial charge in [-0.1, -0.05) is 24.3 Å². The third kappa shape index (κ3) is 3.10. The lowest BCUT2D eigenvalue weighted by Crippen LogP contribution is -2.38. The Hall–Kier alpha value is -2.10. The van der Waals surface area contributed by atoms with E-state index in [4.69, 9.17) is 0 Å². The monoisotopic (exact) mass is 338 g/mol. The molecule has 1 aliphatic carbocycles. The number of allylic oxidation sites excluding steroid dienone is 2. The SMILES string of the molecule is O=C1C[C@@H]([C@H]2CCCC=C2N2CCCCC2)C(=O)N1c1ccccc1. The third-order valence-electron chi connectivity index (χ3n) is 5.86. The van der Waals surface area contributed by atoms with Crippen LogP contribution in [0.2, 0.25) is 0 Å². The summed E-state index contributed by atoms with van der Waals surface area (Å²) in [4.78, 5) is 29.6. The molecule has 2 heterocycles. The van der Waals surface area contributed by atoms with Crippen LogP contribution in [0, 0.1) is 11.8 Å². The molecule has 0 N–H and O–H groups in total. The molecule has 4 rings (SSSR count). The van der Waals surface area contributed by atoms with Gasteiger partial charge in [0.1, 0.15) is 0 Å². The smallest absolute Gasteiger partial charge is 0.238 e. The molecule has 1 aromatic carbocycles. The van der Waals surface area contributed by atoms with Crippen molar-refractivity contribution in [2.24, 2.45) is 11.8 Å². The van der Waals surface area contributed by atoms with E-state index in [0.29, 0.717) is 12.1 Å². The van der Waals surface area contributed by atoms with E-state index in [2.05, 4.69) is 11.0 Å². The van der Waals surface area contributed by atoms with Gasteiger partial charge >= 0.3 is 0 Å². The van der Waals surface area contributed by atoms with Crippen molar-refractivity contribution < 1.29 is 9.59 Å². The highest BCUT2D eigenvalue weighted by Crippen LogP contribution is 2.40. The van der Waals surface area contributed by atoms with Crippen molar-refractivity contribution in [3.63, 3.8) is 0 Å². The first-order chi connectivity index (χ1) is 12.3. The van der Waals surface area contributed by atoms with Gasteiger partial charge in [-0.05, 0) is 50.7 Å². The van der Waals surface area contributed by atoms with Crippen molar-refractivity contribution in [2.45, 2.75) is 44.9 Å². The number of likely N-dealkylation sites (tertiary alicyclic amines) is 1. The maximum Gasteiger partial charge on any atom is 0.238 e. The molecule has 1 aromatic rings. The van der Waals surface area contributed by atoms with E-state index in [1.807, 2.05) is 30.3 Å². The second-order valence-corrected chi connectivity index (χ2v) is 7.43. The van der Waals surface area contributed by atoms with Crippen LogP contribution in [-0.2, 0) is 9.59 Å². The van der Waals surface area contributed by atoms with E-state index >= 15 is 0 Å². The van der Waals surface area contributed by atoms with E-state index in [0.717, 1.165) is 32.4 Å². The van der Waals surface area contributed by atoms with Gasteiger partial charge in [-0.15, -0.1) is 0 Å². The van der Waals surface area contributed by atoms with Crippen molar-refractivity contribution in [2.75, 3.05) is 18.0 Å². The van der Waals surface area contributed by atoms with Crippen LogP contribution in [0.1, 0.15) is 44.9 Å². The number of piperidine rings is 1. The molecule has 0 bridgehead atoms. The number of carbonyl (C=O) groups is 2. The fourth-order valence-electron chi connectivity index (χ4n) is 4.63. The maximum absolute atomic E-state index is 13.1. The van der Waals surface area contributed by atoms with Gasteiger partial charge in [0.2, 0.25) is 11.8 Å². The molecule has 2 aliphatic heterocycles. The topological polar surface area (TPSA) is 40.6 Å². The van der Waals surface area contributed by atoms with Gasteiger partial charge in [0.05, 0.1) is 11.6 Å². The number of rotatable bonds is 3. The van der Waals surface area contributed by atoms with Gasteiger partial charge in [0.15, 0.2) is 0 Å². The molecule has 2 saturated heterocycles. The highest BCUT2D eigenvalue weighted by atomic mass is 16.2. The third-order valence-corrected chi connectivity index (χ3v) is 5.86. The van der Waals surface area contributed by atoms with Crippen molar-refractivity contribution in [3.8, 4) is 0 Å². The van der Waals surface area contributed by atoms with Crippen LogP contribution in [0.25, 0.3) is 0 Å². The molecule has 4 heteroatoms. The molecule has 0 saturated carbocycles. The van der Waals surface area contributed by atoms with Crippen LogP contribution in [0.3, 0.4) is 0 Å². The summed E-state index contributed by atoms with van der Waals surface area (Å²) in [5.74, 6) is -0.0472. The van der Waals surface area contributed by atoms with Gasteiger partial charge < -0.3 is 4.90 Å². The van der Waals surface area contributed by atoms with Gasteiger partial charge in [0, 0.05) is 31.1 Å². The Labute approximate surface area is 149 Å². The Kier molecular flexibility index (Phi) is 4.60. The van der Waals surface area contributed by atoms with Gasteiger partial charge in [-0.2, -0.15) is 0 Å². The Balaban J connectivity index is 1.58. The molecule has 0 radical (unpaired) electrons. The molecular formula is C21H26N2O2. The highest BCUT2D eigenvalue weighted by Gasteiger charge is 2.45. The zero-order valence-electron chi connectivity index (χ0n) is 14.7. The number of imide groups is 1. The first-order valence-electron chi connectivity index (χ1n) is 9.62. The van der Waals surface area contributed by atoms with E-state index in [1.54, 1.807) is 0 Å². The number of carbonyl (C=O) groups excluding carboxylic acids is 2. The fourth-order valence-corrected chi connectivity index (χ4v) is 4.63. The summed E-state index contributed by atoms with van der Waals surface area (Å²) in [6.07, 6.45) is 9.69. The number of anilines is 1. The molecule has 4 nitrogen and oxygen atoms in total. The second-order valence-electron chi connectivity index (χ2n) is 7.43. The minimum absolute atomic E-state index is 0.00832. The van der Waals surface area contributed by atoms with E-state index < -0.39 is 0 Å². The van der Waals surface area contributed by atoms with Crippen LogP contribution in [0.4, 0.5) is 5.69 Å². The molecule has 0 unspecified atom stereocenters. The molecule has 25 heavy (non-hydrogen) atoms. The Bertz CT molecular complexity index is 676. The number of benzene rings is 1. The Morgan fingerprint density at radius 3 is 2.40 bits per heavy atom. The molecular weight excluding hydrogens is 312 g/mol. The quantitative estimate of drug-likeness (QED) is 0.789. The van der Waals surface area contributed by atoms with Gasteiger partial charge in [0.25, 0.3) is 0 Å².